The molecule has 0 fully saturated rings. The smallest absolute Gasteiger partial charge is 0.339 e. The molecule has 28 heavy (non-hydrogen) atoms. The van der Waals surface area contributed by atoms with Crippen LogP contribution in [0.5, 0.6) is 0 Å². The molecule has 1 unspecified atom stereocenters. The highest BCUT2D eigenvalue weighted by atomic mass is 35.5. The number of fused-ring (bicyclic) bond motifs is 2. The third-order valence-corrected chi connectivity index (χ3v) is 5.41. The summed E-state index contributed by atoms with van der Waals surface area (Å²) in [4.78, 5) is 30.5. The van der Waals surface area contributed by atoms with Gasteiger partial charge in [-0.15, -0.1) is 0 Å². The summed E-state index contributed by atoms with van der Waals surface area (Å²) in [7, 11) is 0. The van der Waals surface area contributed by atoms with Gasteiger partial charge in [-0.3, -0.25) is 9.78 Å². The van der Waals surface area contributed by atoms with Crippen LogP contribution in [0.25, 0.3) is 10.9 Å². The molecule has 4 rings (SSSR count). The monoisotopic (exact) mass is 393 g/mol. The minimum absolute atomic E-state index is 0.253. The van der Waals surface area contributed by atoms with Crippen molar-refractivity contribution in [3.05, 3.63) is 75.9 Å². The largest absolute Gasteiger partial charge is 0.451 e. The Balaban J connectivity index is 1.67. The topological polar surface area (TPSA) is 56.3 Å². The normalized spacial score (nSPS) is 14.4. The maximum Gasteiger partial charge on any atom is 0.339 e. The summed E-state index contributed by atoms with van der Waals surface area (Å²) in [5.74, 6) is -0.719. The summed E-state index contributed by atoms with van der Waals surface area (Å²) in [5.41, 5.74) is 3.73. The number of hydrogen-bond donors (Lipinski definition) is 0. The van der Waals surface area contributed by atoms with Crippen molar-refractivity contribution in [1.29, 1.82) is 0 Å². The number of hydrogen-bond acceptors (Lipinski definition) is 4. The van der Waals surface area contributed by atoms with Crippen molar-refractivity contribution < 1.29 is 14.3 Å². The highest BCUT2D eigenvalue weighted by molar-refractivity contribution is 6.30. The first-order valence-corrected chi connectivity index (χ1v) is 9.83. The zero-order valence-electron chi connectivity index (χ0n) is 15.6. The van der Waals surface area contributed by atoms with Crippen LogP contribution in [0.15, 0.2) is 48.5 Å². The average Bonchev–Trinajstić information content (AvgIpc) is 2.71. The van der Waals surface area contributed by atoms with Crippen molar-refractivity contribution in [2.45, 2.75) is 38.7 Å². The van der Waals surface area contributed by atoms with Crippen LogP contribution >= 0.6 is 11.6 Å². The molecule has 3 aromatic rings. The average molecular weight is 394 g/mol. The lowest BCUT2D eigenvalue weighted by Crippen LogP contribution is -2.26. The van der Waals surface area contributed by atoms with Crippen LogP contribution in [0.3, 0.4) is 0 Å². The molecule has 1 heterocycles. The first kappa shape index (κ1) is 18.6. The van der Waals surface area contributed by atoms with Gasteiger partial charge in [0.2, 0.25) is 5.78 Å². The van der Waals surface area contributed by atoms with Crippen LogP contribution in [0, 0.1) is 0 Å². The Bertz CT molecular complexity index is 1060. The zero-order chi connectivity index (χ0) is 19.7. The van der Waals surface area contributed by atoms with Crippen LogP contribution in [-0.4, -0.2) is 22.8 Å². The number of benzene rings is 2. The van der Waals surface area contributed by atoms with E-state index in [1.807, 2.05) is 24.3 Å². The van der Waals surface area contributed by atoms with Crippen molar-refractivity contribution in [2.75, 3.05) is 0 Å². The molecule has 0 radical (unpaired) electrons. The van der Waals surface area contributed by atoms with E-state index in [4.69, 9.17) is 21.3 Å². The second-order valence-corrected chi connectivity index (χ2v) is 7.49. The number of halogens is 1. The van der Waals surface area contributed by atoms with Crippen molar-refractivity contribution in [2.24, 2.45) is 0 Å². The quantitative estimate of drug-likeness (QED) is 0.452. The second-order valence-electron chi connectivity index (χ2n) is 7.05. The predicted molar refractivity (Wildman–Crippen MR) is 109 cm³/mol. The number of ether oxygens (including phenoxy) is 1. The van der Waals surface area contributed by atoms with E-state index in [1.54, 1.807) is 31.2 Å². The third-order valence-electron chi connectivity index (χ3n) is 5.16. The minimum atomic E-state index is -0.889. The molecule has 0 saturated carbocycles. The highest BCUT2D eigenvalue weighted by Crippen LogP contribution is 2.30. The predicted octanol–water partition coefficient (Wildman–Crippen LogP) is 5.20. The SMILES string of the molecule is CC(OC(=O)c1c2c(nc3ccccc13)CCCC2)C(=O)c1ccc(Cl)cc1. The van der Waals surface area contributed by atoms with E-state index >= 15 is 0 Å². The number of pyridine rings is 1. The number of carbonyl (C=O) groups is 2. The van der Waals surface area contributed by atoms with E-state index in [9.17, 15) is 9.59 Å². The van der Waals surface area contributed by atoms with Crippen LogP contribution in [-0.2, 0) is 17.6 Å². The molecule has 5 heteroatoms. The fraction of sp³-hybridized carbons (Fsp3) is 0.261. The second kappa shape index (κ2) is 7.72. The zero-order valence-corrected chi connectivity index (χ0v) is 16.3. The van der Waals surface area contributed by atoms with E-state index in [2.05, 4.69) is 0 Å². The molecule has 0 N–H and O–H groups in total. The van der Waals surface area contributed by atoms with Gasteiger partial charge in [-0.25, -0.2) is 4.79 Å². The summed E-state index contributed by atoms with van der Waals surface area (Å²) in [6.07, 6.45) is 2.86. The highest BCUT2D eigenvalue weighted by Gasteiger charge is 2.26. The van der Waals surface area contributed by atoms with Crippen molar-refractivity contribution in [3.63, 3.8) is 0 Å². The number of ketones is 1. The molecule has 1 aliphatic carbocycles. The summed E-state index contributed by atoms with van der Waals surface area (Å²) >= 11 is 5.88. The van der Waals surface area contributed by atoms with Gasteiger partial charge in [0.05, 0.1) is 11.1 Å². The Hall–Kier alpha value is -2.72. The summed E-state index contributed by atoms with van der Waals surface area (Å²) in [6.45, 7) is 1.60. The van der Waals surface area contributed by atoms with Gasteiger partial charge in [0.15, 0.2) is 6.10 Å². The van der Waals surface area contributed by atoms with Gasteiger partial charge in [0.1, 0.15) is 0 Å². The van der Waals surface area contributed by atoms with E-state index in [0.29, 0.717) is 16.1 Å². The Morgan fingerprint density at radius 1 is 1.04 bits per heavy atom. The van der Waals surface area contributed by atoms with Gasteiger partial charge in [0, 0.05) is 21.7 Å². The van der Waals surface area contributed by atoms with Crippen LogP contribution < -0.4 is 0 Å². The molecule has 0 saturated heterocycles. The van der Waals surface area contributed by atoms with Crippen molar-refractivity contribution in [1.82, 2.24) is 4.98 Å². The molecule has 0 amide bonds. The molecule has 142 valence electrons. The lowest BCUT2D eigenvalue weighted by molar-refractivity contribution is 0.0319. The molecule has 1 aliphatic rings. The maximum atomic E-state index is 13.1. The molecule has 0 bridgehead atoms. The van der Waals surface area contributed by atoms with Gasteiger partial charge < -0.3 is 4.74 Å². The summed E-state index contributed by atoms with van der Waals surface area (Å²) in [6, 6.07) is 14.2. The first-order chi connectivity index (χ1) is 13.5. The molecule has 2 aromatic carbocycles. The fourth-order valence-electron chi connectivity index (χ4n) is 3.73. The minimum Gasteiger partial charge on any atom is -0.451 e. The van der Waals surface area contributed by atoms with Crippen molar-refractivity contribution in [3.8, 4) is 0 Å². The molecule has 1 aromatic heterocycles. The Morgan fingerprint density at radius 2 is 1.75 bits per heavy atom. The third kappa shape index (κ3) is 3.52. The number of carbonyl (C=O) groups excluding carboxylic acids is 2. The molecule has 4 nitrogen and oxygen atoms in total. The van der Waals surface area contributed by atoms with Crippen LogP contribution in [0.4, 0.5) is 0 Å². The molecular weight excluding hydrogens is 374 g/mol. The number of Topliss-reactive ketones (excluding diaryl/α,β-unsaturated/α-hetero) is 1. The molecule has 0 spiro atoms. The lowest BCUT2D eigenvalue weighted by atomic mass is 9.90. The van der Waals surface area contributed by atoms with E-state index in [0.717, 1.165) is 47.8 Å². The molecule has 1 atom stereocenters. The van der Waals surface area contributed by atoms with E-state index in [1.165, 1.54) is 0 Å². The Labute approximate surface area is 168 Å². The van der Waals surface area contributed by atoms with Gasteiger partial charge in [0.25, 0.3) is 0 Å². The molecular formula is C23H20ClNO3. The number of para-hydroxylation sites is 1. The number of esters is 1. The lowest BCUT2D eigenvalue weighted by Gasteiger charge is -2.21. The number of rotatable bonds is 4. The van der Waals surface area contributed by atoms with Gasteiger partial charge in [-0.05, 0) is 68.5 Å². The number of aromatic nitrogens is 1. The summed E-state index contributed by atoms with van der Waals surface area (Å²) < 4.78 is 5.61. The fourth-order valence-corrected chi connectivity index (χ4v) is 3.85. The van der Waals surface area contributed by atoms with E-state index < -0.39 is 12.1 Å². The molecule has 0 aliphatic heterocycles. The van der Waals surface area contributed by atoms with Crippen LogP contribution in [0.1, 0.15) is 51.7 Å². The van der Waals surface area contributed by atoms with Gasteiger partial charge in [-0.2, -0.15) is 0 Å². The van der Waals surface area contributed by atoms with Crippen LogP contribution in [0.2, 0.25) is 5.02 Å². The van der Waals surface area contributed by atoms with Gasteiger partial charge >= 0.3 is 5.97 Å². The number of aryl methyl sites for hydroxylation is 1. The Kier molecular flexibility index (Phi) is 5.14. The first-order valence-electron chi connectivity index (χ1n) is 9.46. The Morgan fingerprint density at radius 3 is 2.54 bits per heavy atom. The summed E-state index contributed by atoms with van der Waals surface area (Å²) in [5, 5.41) is 1.33. The van der Waals surface area contributed by atoms with Gasteiger partial charge in [-0.1, -0.05) is 29.8 Å². The maximum absolute atomic E-state index is 13.1. The standard InChI is InChI=1S/C23H20ClNO3/c1-14(22(26)15-10-12-16(24)13-11-15)28-23(27)21-17-6-2-4-8-19(17)25-20-9-5-3-7-18(20)21/h2,4,6,8,10-14H,3,5,7,9H2,1H3. The number of nitrogens with zero attached hydrogens (tertiary/aromatic N) is 1. The van der Waals surface area contributed by atoms with Crippen molar-refractivity contribution >= 4 is 34.3 Å². The van der Waals surface area contributed by atoms with E-state index in [-0.39, 0.29) is 5.78 Å².